The first-order valence-corrected chi connectivity index (χ1v) is 9.90. The van der Waals surface area contributed by atoms with Gasteiger partial charge in [0.05, 0.1) is 0 Å². The molecule has 0 spiro atoms. The molecule has 1 fully saturated rings. The fourth-order valence-corrected chi connectivity index (χ4v) is 3.99. The van der Waals surface area contributed by atoms with Crippen LogP contribution in [0.5, 0.6) is 0 Å². The van der Waals surface area contributed by atoms with Gasteiger partial charge in [-0.05, 0) is 61.6 Å². The highest BCUT2D eigenvalue weighted by Crippen LogP contribution is 2.28. The molecule has 0 N–H and O–H groups in total. The number of hydrogen-bond donors (Lipinski definition) is 0. The van der Waals surface area contributed by atoms with Gasteiger partial charge in [0.15, 0.2) is 0 Å². The maximum Gasteiger partial charge on any atom is 0.253 e. The van der Waals surface area contributed by atoms with E-state index in [1.165, 1.54) is 11.1 Å². The van der Waals surface area contributed by atoms with E-state index in [1.54, 1.807) is 24.5 Å². The SMILES string of the molecule is Cc1cc(Cc2ccccc2)cc(C2CCCN(C(=O)c3ccncc3)C2)n1. The molecule has 1 saturated heterocycles. The van der Waals surface area contributed by atoms with Crippen molar-refractivity contribution in [3.63, 3.8) is 0 Å². The molecule has 2 aromatic heterocycles. The van der Waals surface area contributed by atoms with Gasteiger partial charge in [-0.15, -0.1) is 0 Å². The second-order valence-corrected chi connectivity index (χ2v) is 7.53. The zero-order chi connectivity index (χ0) is 19.3. The number of piperidine rings is 1. The predicted octanol–water partition coefficient (Wildman–Crippen LogP) is 4.40. The minimum absolute atomic E-state index is 0.0873. The van der Waals surface area contributed by atoms with Gasteiger partial charge in [-0.25, -0.2) is 0 Å². The summed E-state index contributed by atoms with van der Waals surface area (Å²) in [5.41, 5.74) is 5.44. The van der Waals surface area contributed by atoms with Gasteiger partial charge in [-0.3, -0.25) is 14.8 Å². The average Bonchev–Trinajstić information content (AvgIpc) is 2.74. The fraction of sp³-hybridized carbons (Fsp3) is 0.292. The van der Waals surface area contributed by atoms with Crippen LogP contribution in [0.3, 0.4) is 0 Å². The van der Waals surface area contributed by atoms with Crippen molar-refractivity contribution in [3.05, 3.63) is 95.1 Å². The van der Waals surface area contributed by atoms with Crippen LogP contribution in [0.2, 0.25) is 0 Å². The summed E-state index contributed by atoms with van der Waals surface area (Å²) in [5, 5.41) is 0. The number of rotatable bonds is 4. The molecule has 142 valence electrons. The third-order valence-corrected chi connectivity index (χ3v) is 5.34. The molecule has 3 aromatic rings. The van der Waals surface area contributed by atoms with Crippen LogP contribution >= 0.6 is 0 Å². The predicted molar refractivity (Wildman–Crippen MR) is 110 cm³/mol. The lowest BCUT2D eigenvalue weighted by Gasteiger charge is -2.33. The number of benzene rings is 1. The van der Waals surface area contributed by atoms with E-state index in [0.29, 0.717) is 5.56 Å². The Kier molecular flexibility index (Phi) is 5.47. The van der Waals surface area contributed by atoms with Crippen LogP contribution in [0.1, 0.15) is 51.6 Å². The first-order valence-electron chi connectivity index (χ1n) is 9.90. The minimum atomic E-state index is 0.0873. The number of likely N-dealkylation sites (tertiary alicyclic amines) is 1. The molecule has 4 nitrogen and oxygen atoms in total. The summed E-state index contributed by atoms with van der Waals surface area (Å²) < 4.78 is 0. The van der Waals surface area contributed by atoms with E-state index in [2.05, 4.69) is 48.3 Å². The molecule has 28 heavy (non-hydrogen) atoms. The van der Waals surface area contributed by atoms with Crippen LogP contribution < -0.4 is 0 Å². The molecule has 4 heteroatoms. The van der Waals surface area contributed by atoms with Crippen molar-refractivity contribution in [1.82, 2.24) is 14.9 Å². The van der Waals surface area contributed by atoms with E-state index in [-0.39, 0.29) is 11.8 Å². The van der Waals surface area contributed by atoms with Crippen LogP contribution in [-0.4, -0.2) is 33.9 Å². The fourth-order valence-electron chi connectivity index (χ4n) is 3.99. The Morgan fingerprint density at radius 2 is 1.86 bits per heavy atom. The van der Waals surface area contributed by atoms with Gasteiger partial charge in [-0.2, -0.15) is 0 Å². The summed E-state index contributed by atoms with van der Waals surface area (Å²) in [6.45, 7) is 3.59. The summed E-state index contributed by atoms with van der Waals surface area (Å²) in [6, 6.07) is 18.5. The van der Waals surface area contributed by atoms with Gasteiger partial charge < -0.3 is 4.90 Å². The number of carbonyl (C=O) groups excluding carboxylic acids is 1. The monoisotopic (exact) mass is 371 g/mol. The van der Waals surface area contributed by atoms with E-state index in [4.69, 9.17) is 4.98 Å². The highest BCUT2D eigenvalue weighted by atomic mass is 16.2. The summed E-state index contributed by atoms with van der Waals surface area (Å²) in [7, 11) is 0. The van der Waals surface area contributed by atoms with Crippen molar-refractivity contribution in [3.8, 4) is 0 Å². The third kappa shape index (κ3) is 4.28. The maximum absolute atomic E-state index is 12.8. The first-order chi connectivity index (χ1) is 13.7. The van der Waals surface area contributed by atoms with E-state index < -0.39 is 0 Å². The quantitative estimate of drug-likeness (QED) is 0.683. The van der Waals surface area contributed by atoms with Gasteiger partial charge in [-0.1, -0.05) is 30.3 Å². The Morgan fingerprint density at radius 1 is 1.07 bits per heavy atom. The normalized spacial score (nSPS) is 16.8. The van der Waals surface area contributed by atoms with Crippen molar-refractivity contribution in [1.29, 1.82) is 0 Å². The molecule has 0 saturated carbocycles. The molecule has 1 atom stereocenters. The minimum Gasteiger partial charge on any atom is -0.338 e. The van der Waals surface area contributed by atoms with Crippen molar-refractivity contribution in [2.75, 3.05) is 13.1 Å². The lowest BCUT2D eigenvalue weighted by atomic mass is 9.92. The molecule has 0 bridgehead atoms. The van der Waals surface area contributed by atoms with Gasteiger partial charge >= 0.3 is 0 Å². The molecular formula is C24H25N3O. The van der Waals surface area contributed by atoms with Crippen molar-refractivity contribution in [2.45, 2.75) is 32.1 Å². The lowest BCUT2D eigenvalue weighted by molar-refractivity contribution is 0.0705. The third-order valence-electron chi connectivity index (χ3n) is 5.34. The summed E-state index contributed by atoms with van der Waals surface area (Å²) in [5.74, 6) is 0.373. The van der Waals surface area contributed by atoms with Crippen molar-refractivity contribution in [2.24, 2.45) is 0 Å². The standard InChI is InChI=1S/C24H25N3O/c1-18-14-20(15-19-6-3-2-4-7-19)16-23(26-18)22-8-5-13-27(17-22)24(28)21-9-11-25-12-10-21/h2-4,6-7,9-12,14,16,22H,5,8,13,15,17H2,1H3. The second kappa shape index (κ2) is 8.34. The van der Waals surface area contributed by atoms with Crippen LogP contribution in [-0.2, 0) is 6.42 Å². The molecule has 0 radical (unpaired) electrons. The molecule has 1 aliphatic heterocycles. The Balaban J connectivity index is 1.52. The number of aryl methyl sites for hydroxylation is 1. The number of nitrogens with zero attached hydrogens (tertiary/aromatic N) is 3. The second-order valence-electron chi connectivity index (χ2n) is 7.53. The Bertz CT molecular complexity index is 941. The molecule has 1 amide bonds. The Hall–Kier alpha value is -3.01. The zero-order valence-corrected chi connectivity index (χ0v) is 16.2. The number of hydrogen-bond acceptors (Lipinski definition) is 3. The highest BCUT2D eigenvalue weighted by Gasteiger charge is 2.26. The zero-order valence-electron chi connectivity index (χ0n) is 16.2. The summed E-state index contributed by atoms with van der Waals surface area (Å²) in [4.78, 5) is 23.6. The van der Waals surface area contributed by atoms with Gasteiger partial charge in [0, 0.05) is 48.4 Å². The van der Waals surface area contributed by atoms with Crippen LogP contribution in [0.4, 0.5) is 0 Å². The number of pyridine rings is 2. The van der Waals surface area contributed by atoms with Gasteiger partial charge in [0.1, 0.15) is 0 Å². The van der Waals surface area contributed by atoms with Gasteiger partial charge in [0.25, 0.3) is 5.91 Å². The van der Waals surface area contributed by atoms with Crippen LogP contribution in [0.15, 0.2) is 67.0 Å². The number of carbonyl (C=O) groups is 1. The number of aromatic nitrogens is 2. The first kappa shape index (κ1) is 18.4. The largest absolute Gasteiger partial charge is 0.338 e. The summed E-state index contributed by atoms with van der Waals surface area (Å²) >= 11 is 0. The van der Waals surface area contributed by atoms with E-state index in [9.17, 15) is 4.79 Å². The van der Waals surface area contributed by atoms with Crippen LogP contribution in [0, 0.1) is 6.92 Å². The molecule has 1 aliphatic rings. The van der Waals surface area contributed by atoms with E-state index in [1.807, 2.05) is 11.0 Å². The summed E-state index contributed by atoms with van der Waals surface area (Å²) in [6.07, 6.45) is 6.33. The molecule has 3 heterocycles. The Labute approximate surface area is 166 Å². The van der Waals surface area contributed by atoms with Gasteiger partial charge in [0.2, 0.25) is 0 Å². The maximum atomic E-state index is 12.8. The average molecular weight is 371 g/mol. The smallest absolute Gasteiger partial charge is 0.253 e. The number of amides is 1. The van der Waals surface area contributed by atoms with Crippen molar-refractivity contribution < 1.29 is 4.79 Å². The highest BCUT2D eigenvalue weighted by molar-refractivity contribution is 5.94. The van der Waals surface area contributed by atoms with Crippen molar-refractivity contribution >= 4 is 5.91 Å². The van der Waals surface area contributed by atoms with Crippen LogP contribution in [0.25, 0.3) is 0 Å². The molecule has 4 rings (SSSR count). The van der Waals surface area contributed by atoms with E-state index >= 15 is 0 Å². The molecule has 1 unspecified atom stereocenters. The van der Waals surface area contributed by atoms with E-state index in [0.717, 1.165) is 43.7 Å². The molecule has 1 aromatic carbocycles. The molecular weight excluding hydrogens is 346 g/mol. The topological polar surface area (TPSA) is 46.1 Å². The lowest BCUT2D eigenvalue weighted by Crippen LogP contribution is -2.39. The Morgan fingerprint density at radius 3 is 2.64 bits per heavy atom. The molecule has 0 aliphatic carbocycles.